The number of H-pyrrole nitrogens is 1. The summed E-state index contributed by atoms with van der Waals surface area (Å²) in [6, 6.07) is 27.8. The van der Waals surface area contributed by atoms with Gasteiger partial charge in [0.05, 0.1) is 6.04 Å². The Kier molecular flexibility index (Phi) is 9.73. The van der Waals surface area contributed by atoms with E-state index < -0.39 is 23.8 Å². The minimum atomic E-state index is -0.933. The first-order valence-electron chi connectivity index (χ1n) is 15.1. The largest absolute Gasteiger partial charge is 0.399 e. The van der Waals surface area contributed by atoms with E-state index in [1.165, 1.54) is 6.92 Å². The van der Waals surface area contributed by atoms with Gasteiger partial charge >= 0.3 is 0 Å². The molecule has 230 valence electrons. The zero-order valence-corrected chi connectivity index (χ0v) is 25.3. The molecule has 0 fully saturated rings. The molecule has 5 rings (SSSR count). The molecule has 2 amide bonds. The Morgan fingerprint density at radius 1 is 0.756 bits per heavy atom. The van der Waals surface area contributed by atoms with Gasteiger partial charge in [0.25, 0.3) is 0 Å². The summed E-state index contributed by atoms with van der Waals surface area (Å²) < 4.78 is 0. The minimum Gasteiger partial charge on any atom is -0.399 e. The molecule has 8 nitrogen and oxygen atoms in total. The molecule has 1 heterocycles. The number of nitrogens with two attached hydrogens (primary N) is 2. The number of anilines is 1. The molecule has 6 N–H and O–H groups in total. The van der Waals surface area contributed by atoms with Crippen molar-refractivity contribution in [3.05, 3.63) is 114 Å². The van der Waals surface area contributed by atoms with Gasteiger partial charge in [-0.1, -0.05) is 72.8 Å². The first kappa shape index (κ1) is 31.2. The molecule has 0 aliphatic rings. The quantitative estimate of drug-likeness (QED) is 0.131. The van der Waals surface area contributed by atoms with Gasteiger partial charge in [0.15, 0.2) is 5.78 Å². The predicted octanol–water partition coefficient (Wildman–Crippen LogP) is 5.07. The van der Waals surface area contributed by atoms with Crippen molar-refractivity contribution in [3.8, 4) is 0 Å². The van der Waals surface area contributed by atoms with Crippen molar-refractivity contribution in [2.75, 3.05) is 5.73 Å². The van der Waals surface area contributed by atoms with E-state index >= 15 is 0 Å². The molecule has 0 saturated carbocycles. The highest BCUT2D eigenvalue weighted by molar-refractivity contribution is 5.94. The van der Waals surface area contributed by atoms with E-state index in [0.29, 0.717) is 12.1 Å². The summed E-state index contributed by atoms with van der Waals surface area (Å²) in [4.78, 5) is 55.7. The van der Waals surface area contributed by atoms with Crippen molar-refractivity contribution in [2.45, 2.75) is 45.1 Å². The number of Topliss-reactive ketones (excluding diaryl/α,β-unsaturated/α-hetero) is 2. The van der Waals surface area contributed by atoms with Crippen molar-refractivity contribution < 1.29 is 19.2 Å². The summed E-state index contributed by atoms with van der Waals surface area (Å²) in [7, 11) is 0. The zero-order valence-electron chi connectivity index (χ0n) is 25.3. The van der Waals surface area contributed by atoms with Crippen LogP contribution in [0.25, 0.3) is 21.7 Å². The van der Waals surface area contributed by atoms with Crippen molar-refractivity contribution in [1.82, 2.24) is 10.3 Å². The van der Waals surface area contributed by atoms with Crippen LogP contribution in [0.5, 0.6) is 0 Å². The van der Waals surface area contributed by atoms with Crippen LogP contribution < -0.4 is 16.8 Å². The van der Waals surface area contributed by atoms with Gasteiger partial charge in [0.1, 0.15) is 5.78 Å². The normalized spacial score (nSPS) is 13.3. The molecule has 0 aliphatic heterocycles. The van der Waals surface area contributed by atoms with Crippen LogP contribution in [0.2, 0.25) is 0 Å². The molecule has 1 aromatic heterocycles. The third-order valence-corrected chi connectivity index (χ3v) is 8.32. The second kappa shape index (κ2) is 14.0. The number of aromatic amines is 1. The van der Waals surface area contributed by atoms with Gasteiger partial charge in [-0.15, -0.1) is 0 Å². The van der Waals surface area contributed by atoms with Crippen LogP contribution in [0.3, 0.4) is 0 Å². The summed E-state index contributed by atoms with van der Waals surface area (Å²) in [6.07, 6.45) is 2.54. The van der Waals surface area contributed by atoms with Crippen LogP contribution in [-0.4, -0.2) is 34.4 Å². The molecule has 0 aliphatic carbocycles. The van der Waals surface area contributed by atoms with E-state index in [1.807, 2.05) is 72.9 Å². The van der Waals surface area contributed by atoms with Crippen LogP contribution in [0.15, 0.2) is 97.2 Å². The number of para-hydroxylation sites is 1. The molecule has 45 heavy (non-hydrogen) atoms. The molecule has 3 unspecified atom stereocenters. The fourth-order valence-corrected chi connectivity index (χ4v) is 5.90. The number of fused-ring (bicyclic) bond motifs is 2. The highest BCUT2D eigenvalue weighted by atomic mass is 16.2. The van der Waals surface area contributed by atoms with Gasteiger partial charge in [-0.3, -0.25) is 14.4 Å². The maximum Gasteiger partial charge on any atom is 0.224 e. The number of primary amides is 1. The summed E-state index contributed by atoms with van der Waals surface area (Å²) >= 11 is 0. The molecule has 8 heteroatoms. The Morgan fingerprint density at radius 2 is 1.44 bits per heavy atom. The standard InChI is InChI=1S/C37H38N4O4/c1-23(42)16-29(18-25-10-13-26-6-2-3-7-27(26)17-25)37(45)41-34(19-24-11-14-31(38)15-12-24)35(43)21-28(36(39)44)20-30-22-40-33-9-5-4-8-32(30)33/h2-15,17,22,28-29,34,40H,16,18-21,38H2,1H3,(H2,39,44)(H,41,45). The lowest BCUT2D eigenvalue weighted by atomic mass is 9.88. The number of benzene rings is 4. The molecular weight excluding hydrogens is 564 g/mol. The van der Waals surface area contributed by atoms with Crippen LogP contribution in [0, 0.1) is 11.8 Å². The fraction of sp³-hybridized carbons (Fsp3) is 0.243. The molecule has 0 saturated heterocycles. The first-order chi connectivity index (χ1) is 21.7. The number of rotatable bonds is 14. The number of nitrogen functional groups attached to an aromatic ring is 1. The Labute approximate surface area is 262 Å². The molecule has 0 radical (unpaired) electrons. The maximum atomic E-state index is 13.9. The number of nitrogens with one attached hydrogen (secondary N) is 2. The maximum absolute atomic E-state index is 13.9. The van der Waals surface area contributed by atoms with Crippen molar-refractivity contribution in [2.24, 2.45) is 17.6 Å². The molecule has 0 spiro atoms. The predicted molar refractivity (Wildman–Crippen MR) is 177 cm³/mol. The number of carbonyl (C=O) groups is 4. The smallest absolute Gasteiger partial charge is 0.224 e. The number of hydrogen-bond acceptors (Lipinski definition) is 5. The minimum absolute atomic E-state index is 0.0336. The van der Waals surface area contributed by atoms with Gasteiger partial charge in [-0.2, -0.15) is 0 Å². The summed E-state index contributed by atoms with van der Waals surface area (Å²) in [5.74, 6) is -2.85. The Bertz CT molecular complexity index is 1840. The van der Waals surface area contributed by atoms with Gasteiger partial charge in [0, 0.05) is 47.5 Å². The van der Waals surface area contributed by atoms with E-state index in [4.69, 9.17) is 11.5 Å². The van der Waals surface area contributed by atoms with Gasteiger partial charge in [-0.05, 0) is 71.8 Å². The van der Waals surface area contributed by atoms with Gasteiger partial charge in [0.2, 0.25) is 11.8 Å². The molecule has 0 bridgehead atoms. The van der Waals surface area contributed by atoms with E-state index in [1.54, 1.807) is 24.3 Å². The Balaban J connectivity index is 1.37. The van der Waals surface area contributed by atoms with E-state index in [9.17, 15) is 19.2 Å². The van der Waals surface area contributed by atoms with E-state index in [0.717, 1.165) is 38.4 Å². The number of hydrogen-bond donors (Lipinski definition) is 4. The second-order valence-corrected chi connectivity index (χ2v) is 11.8. The number of amides is 2. The van der Waals surface area contributed by atoms with Crippen LogP contribution >= 0.6 is 0 Å². The average Bonchev–Trinajstić information content (AvgIpc) is 3.43. The molecule has 5 aromatic rings. The van der Waals surface area contributed by atoms with Crippen LogP contribution in [0.1, 0.15) is 36.5 Å². The van der Waals surface area contributed by atoms with E-state index in [2.05, 4.69) is 10.3 Å². The third-order valence-electron chi connectivity index (χ3n) is 8.32. The topological polar surface area (TPSA) is 148 Å². The van der Waals surface area contributed by atoms with Crippen molar-refractivity contribution in [1.29, 1.82) is 0 Å². The third kappa shape index (κ3) is 8.03. The molecule has 3 atom stereocenters. The van der Waals surface area contributed by atoms with Crippen molar-refractivity contribution in [3.63, 3.8) is 0 Å². The first-order valence-corrected chi connectivity index (χ1v) is 15.1. The highest BCUT2D eigenvalue weighted by Crippen LogP contribution is 2.24. The highest BCUT2D eigenvalue weighted by Gasteiger charge is 2.30. The molecule has 4 aromatic carbocycles. The fourth-order valence-electron chi connectivity index (χ4n) is 5.90. The van der Waals surface area contributed by atoms with E-state index in [-0.39, 0.29) is 43.2 Å². The zero-order chi connectivity index (χ0) is 31.9. The summed E-state index contributed by atoms with van der Waals surface area (Å²) in [5, 5.41) is 6.03. The van der Waals surface area contributed by atoms with Crippen molar-refractivity contribution >= 4 is 50.7 Å². The Hall–Kier alpha value is -5.24. The number of ketones is 2. The lowest BCUT2D eigenvalue weighted by Crippen LogP contribution is -2.47. The van der Waals surface area contributed by atoms with Crippen LogP contribution in [0.4, 0.5) is 5.69 Å². The van der Waals surface area contributed by atoms with Gasteiger partial charge < -0.3 is 26.6 Å². The summed E-state index contributed by atoms with van der Waals surface area (Å²) in [6.45, 7) is 1.46. The Morgan fingerprint density at radius 3 is 2.18 bits per heavy atom. The number of carbonyl (C=O) groups excluding carboxylic acids is 4. The lowest BCUT2D eigenvalue weighted by Gasteiger charge is -2.23. The SMILES string of the molecule is CC(=O)CC(Cc1ccc2ccccc2c1)C(=O)NC(Cc1ccc(N)cc1)C(=O)CC(Cc1c[nH]c2ccccc12)C(N)=O. The second-order valence-electron chi connectivity index (χ2n) is 11.8. The average molecular weight is 603 g/mol. The summed E-state index contributed by atoms with van der Waals surface area (Å²) in [5.41, 5.74) is 15.8. The molecular formula is C37H38N4O4. The monoisotopic (exact) mass is 602 g/mol. The van der Waals surface area contributed by atoms with Crippen LogP contribution in [-0.2, 0) is 38.4 Å². The van der Waals surface area contributed by atoms with Gasteiger partial charge in [-0.25, -0.2) is 0 Å². The lowest BCUT2D eigenvalue weighted by molar-refractivity contribution is -0.133. The number of aromatic nitrogens is 1.